The normalized spacial score (nSPS) is 12.7. The number of hydrazine groups is 1. The molecule has 1 atom stereocenters. The average Bonchev–Trinajstić information content (AvgIpc) is 2.69. The molecule has 2 aromatic rings. The van der Waals surface area contributed by atoms with Gasteiger partial charge in [0.05, 0.1) is 22.1 Å². The van der Waals surface area contributed by atoms with Gasteiger partial charge in [-0.1, -0.05) is 23.8 Å². The van der Waals surface area contributed by atoms with Crippen molar-refractivity contribution in [2.24, 2.45) is 5.84 Å². The maximum Gasteiger partial charge on any atom is 0.0823 e. The number of hydrogen-bond donors (Lipinski definition) is 2. The molecule has 3 nitrogen and oxygen atoms in total. The number of thiazole rings is 1. The van der Waals surface area contributed by atoms with Crippen LogP contribution in [0.5, 0.6) is 0 Å². The molecule has 0 aliphatic carbocycles. The fraction of sp³-hybridized carbons (Fsp3) is 0.308. The van der Waals surface area contributed by atoms with Crippen molar-refractivity contribution in [3.63, 3.8) is 0 Å². The molecular formula is C13H17N3S. The molecule has 0 bridgehead atoms. The van der Waals surface area contributed by atoms with E-state index in [4.69, 9.17) is 5.84 Å². The maximum absolute atomic E-state index is 5.70. The van der Waals surface area contributed by atoms with Crippen molar-refractivity contribution < 1.29 is 0 Å². The van der Waals surface area contributed by atoms with E-state index in [9.17, 15) is 0 Å². The Morgan fingerprint density at radius 1 is 1.29 bits per heavy atom. The first-order chi connectivity index (χ1) is 8.13. The van der Waals surface area contributed by atoms with Crippen LogP contribution in [0.4, 0.5) is 0 Å². The molecule has 0 amide bonds. The van der Waals surface area contributed by atoms with E-state index < -0.39 is 0 Å². The number of nitrogens with one attached hydrogen (secondary N) is 1. The van der Waals surface area contributed by atoms with Crippen LogP contribution in [-0.2, 0) is 0 Å². The second-order valence-electron chi connectivity index (χ2n) is 4.26. The van der Waals surface area contributed by atoms with Crippen molar-refractivity contribution in [1.29, 1.82) is 0 Å². The summed E-state index contributed by atoms with van der Waals surface area (Å²) < 4.78 is 0. The molecule has 1 unspecified atom stereocenters. The van der Waals surface area contributed by atoms with E-state index in [2.05, 4.69) is 42.5 Å². The molecule has 0 fully saturated rings. The topological polar surface area (TPSA) is 50.9 Å². The third kappa shape index (κ3) is 2.39. The van der Waals surface area contributed by atoms with Crippen LogP contribution in [0.1, 0.15) is 33.3 Å². The van der Waals surface area contributed by atoms with Gasteiger partial charge in [-0.2, -0.15) is 0 Å². The van der Waals surface area contributed by atoms with Gasteiger partial charge >= 0.3 is 0 Å². The zero-order valence-electron chi connectivity index (χ0n) is 10.3. The quantitative estimate of drug-likeness (QED) is 0.647. The Morgan fingerprint density at radius 3 is 2.59 bits per heavy atom. The lowest BCUT2D eigenvalue weighted by Gasteiger charge is -2.18. The summed E-state index contributed by atoms with van der Waals surface area (Å²) >= 11 is 1.64. The first kappa shape index (κ1) is 12.2. The SMILES string of the molecule is Cc1ccc(C(NN)c2scnc2C)c(C)c1. The van der Waals surface area contributed by atoms with Gasteiger partial charge in [-0.15, -0.1) is 11.3 Å². The lowest BCUT2D eigenvalue weighted by atomic mass is 9.98. The molecule has 0 spiro atoms. The third-order valence-electron chi connectivity index (χ3n) is 2.95. The van der Waals surface area contributed by atoms with Gasteiger partial charge in [0.15, 0.2) is 0 Å². The summed E-state index contributed by atoms with van der Waals surface area (Å²) in [6.45, 7) is 6.22. The number of rotatable bonds is 3. The van der Waals surface area contributed by atoms with Crippen LogP contribution in [0.15, 0.2) is 23.7 Å². The van der Waals surface area contributed by atoms with Crippen LogP contribution in [0.3, 0.4) is 0 Å². The molecule has 1 aromatic heterocycles. The van der Waals surface area contributed by atoms with Gasteiger partial charge in [0, 0.05) is 0 Å². The number of hydrogen-bond acceptors (Lipinski definition) is 4. The van der Waals surface area contributed by atoms with Gasteiger partial charge in [0.2, 0.25) is 0 Å². The lowest BCUT2D eigenvalue weighted by Crippen LogP contribution is -2.29. The molecule has 0 saturated carbocycles. The van der Waals surface area contributed by atoms with Crippen LogP contribution in [0.2, 0.25) is 0 Å². The fourth-order valence-corrected chi connectivity index (χ4v) is 2.92. The summed E-state index contributed by atoms with van der Waals surface area (Å²) in [5, 5.41) is 0. The molecule has 17 heavy (non-hydrogen) atoms. The van der Waals surface area contributed by atoms with Gasteiger partial charge in [-0.3, -0.25) is 5.84 Å². The summed E-state index contributed by atoms with van der Waals surface area (Å²) in [7, 11) is 0. The highest BCUT2D eigenvalue weighted by Crippen LogP contribution is 2.29. The van der Waals surface area contributed by atoms with E-state index in [1.165, 1.54) is 21.6 Å². The highest BCUT2D eigenvalue weighted by atomic mass is 32.1. The average molecular weight is 247 g/mol. The Kier molecular flexibility index (Phi) is 3.57. The van der Waals surface area contributed by atoms with Crippen LogP contribution in [-0.4, -0.2) is 4.98 Å². The molecule has 0 aliphatic heterocycles. The number of benzene rings is 1. The van der Waals surface area contributed by atoms with E-state index in [0.717, 1.165) is 5.69 Å². The molecule has 90 valence electrons. The van der Waals surface area contributed by atoms with E-state index in [1.54, 1.807) is 11.3 Å². The van der Waals surface area contributed by atoms with E-state index >= 15 is 0 Å². The fourth-order valence-electron chi connectivity index (χ4n) is 2.04. The van der Waals surface area contributed by atoms with Gasteiger partial charge < -0.3 is 0 Å². The van der Waals surface area contributed by atoms with Crippen LogP contribution in [0.25, 0.3) is 0 Å². The molecular weight excluding hydrogens is 230 g/mol. The Bertz CT molecular complexity index is 519. The number of nitrogens with two attached hydrogens (primary N) is 1. The standard InChI is InChI=1S/C13H17N3S/c1-8-4-5-11(9(2)6-8)12(16-14)13-10(3)15-7-17-13/h4-7,12,16H,14H2,1-3H3. The first-order valence-corrected chi connectivity index (χ1v) is 6.44. The highest BCUT2D eigenvalue weighted by Gasteiger charge is 2.18. The van der Waals surface area contributed by atoms with E-state index in [1.807, 2.05) is 12.4 Å². The zero-order valence-corrected chi connectivity index (χ0v) is 11.1. The summed E-state index contributed by atoms with van der Waals surface area (Å²) in [5.74, 6) is 5.70. The van der Waals surface area contributed by atoms with Crippen molar-refractivity contribution in [2.45, 2.75) is 26.8 Å². The summed E-state index contributed by atoms with van der Waals surface area (Å²) in [6.07, 6.45) is 0. The van der Waals surface area contributed by atoms with Crippen molar-refractivity contribution in [3.8, 4) is 0 Å². The van der Waals surface area contributed by atoms with Crippen molar-refractivity contribution in [1.82, 2.24) is 10.4 Å². The van der Waals surface area contributed by atoms with Gasteiger partial charge in [-0.25, -0.2) is 10.4 Å². The first-order valence-electron chi connectivity index (χ1n) is 5.56. The third-order valence-corrected chi connectivity index (χ3v) is 3.94. The molecule has 3 N–H and O–H groups in total. The second kappa shape index (κ2) is 4.96. The number of aromatic nitrogens is 1. The van der Waals surface area contributed by atoms with E-state index in [-0.39, 0.29) is 6.04 Å². The Labute approximate surface area is 106 Å². The summed E-state index contributed by atoms with van der Waals surface area (Å²) in [6, 6.07) is 6.45. The lowest BCUT2D eigenvalue weighted by molar-refractivity contribution is 0.638. The van der Waals surface area contributed by atoms with Crippen LogP contribution < -0.4 is 11.3 Å². The highest BCUT2D eigenvalue weighted by molar-refractivity contribution is 7.09. The minimum absolute atomic E-state index is 0.0306. The van der Waals surface area contributed by atoms with Gasteiger partial charge in [-0.05, 0) is 31.9 Å². The second-order valence-corrected chi connectivity index (χ2v) is 5.15. The molecule has 1 heterocycles. The van der Waals surface area contributed by atoms with Crippen molar-refractivity contribution >= 4 is 11.3 Å². The maximum atomic E-state index is 5.70. The summed E-state index contributed by atoms with van der Waals surface area (Å²) in [5.41, 5.74) is 9.52. The Balaban J connectivity index is 2.46. The number of aryl methyl sites for hydroxylation is 3. The monoisotopic (exact) mass is 247 g/mol. The predicted octanol–water partition coefficient (Wildman–Crippen LogP) is 2.62. The smallest absolute Gasteiger partial charge is 0.0823 e. The van der Waals surface area contributed by atoms with E-state index in [0.29, 0.717) is 0 Å². The zero-order chi connectivity index (χ0) is 12.4. The number of nitrogens with zero attached hydrogens (tertiary/aromatic N) is 1. The molecule has 2 rings (SSSR count). The molecule has 4 heteroatoms. The molecule has 0 aliphatic rings. The van der Waals surface area contributed by atoms with Gasteiger partial charge in [0.1, 0.15) is 0 Å². The summed E-state index contributed by atoms with van der Waals surface area (Å²) in [4.78, 5) is 5.46. The minimum atomic E-state index is 0.0306. The molecule has 1 aromatic carbocycles. The predicted molar refractivity (Wildman–Crippen MR) is 71.9 cm³/mol. The Morgan fingerprint density at radius 2 is 2.06 bits per heavy atom. The molecule has 0 radical (unpaired) electrons. The van der Waals surface area contributed by atoms with Crippen LogP contribution in [0, 0.1) is 20.8 Å². The largest absolute Gasteiger partial charge is 0.271 e. The van der Waals surface area contributed by atoms with Gasteiger partial charge in [0.25, 0.3) is 0 Å². The molecule has 0 saturated heterocycles. The minimum Gasteiger partial charge on any atom is -0.271 e. The Hall–Kier alpha value is -1.23. The van der Waals surface area contributed by atoms with Crippen LogP contribution >= 0.6 is 11.3 Å². The van der Waals surface area contributed by atoms with Crippen molar-refractivity contribution in [3.05, 3.63) is 51.0 Å². The van der Waals surface area contributed by atoms with Crippen molar-refractivity contribution in [2.75, 3.05) is 0 Å².